The van der Waals surface area contributed by atoms with Crippen molar-refractivity contribution >= 4 is 53.2 Å². The molecule has 2 heterocycles. The number of aromatic amines is 1. The Morgan fingerprint density at radius 1 is 1.20 bits per heavy atom. The second kappa shape index (κ2) is 9.38. The molecule has 1 unspecified atom stereocenters. The fraction of sp³-hybridized carbons (Fsp3) is 0.208. The molecule has 1 radical (unpaired) electrons. The maximum absolute atomic E-state index is 13.4. The van der Waals surface area contributed by atoms with Crippen LogP contribution >= 0.6 is 11.6 Å². The van der Waals surface area contributed by atoms with Crippen molar-refractivity contribution in [3.63, 3.8) is 0 Å². The van der Waals surface area contributed by atoms with Crippen molar-refractivity contribution in [2.45, 2.75) is 27.3 Å². The van der Waals surface area contributed by atoms with Crippen LogP contribution in [0.5, 0.6) is 0 Å². The molecule has 0 saturated heterocycles. The van der Waals surface area contributed by atoms with Gasteiger partial charge in [-0.2, -0.15) is 0 Å². The SMILES string of the molecule is [B]=C(C(C)C(=O)O)n1c(=O)nc(Nc2ccc3[nH]c(C)c(C)c3c2)n(Cc2ccc(Cl)cc2)c1=O. The normalized spacial score (nSPS) is 12.0. The molecular formula is C24H22BClN5O4. The molecule has 0 saturated carbocycles. The van der Waals surface area contributed by atoms with E-state index in [2.05, 4.69) is 15.3 Å². The zero-order valence-corrected chi connectivity index (χ0v) is 20.1. The number of H-pyrrole nitrogens is 1. The van der Waals surface area contributed by atoms with Crippen LogP contribution in [0.3, 0.4) is 0 Å². The predicted molar refractivity (Wildman–Crippen MR) is 137 cm³/mol. The van der Waals surface area contributed by atoms with Crippen LogP contribution in [0, 0.1) is 19.8 Å². The maximum atomic E-state index is 13.4. The first-order valence-electron chi connectivity index (χ1n) is 10.8. The summed E-state index contributed by atoms with van der Waals surface area (Å²) in [4.78, 5) is 45.0. The molecule has 11 heteroatoms. The number of fused-ring (bicyclic) bond motifs is 1. The molecule has 4 rings (SSSR count). The number of nitrogens with zero attached hydrogens (tertiary/aromatic N) is 3. The summed E-state index contributed by atoms with van der Waals surface area (Å²) in [6.45, 7) is 5.29. The Hall–Kier alpha value is -3.92. The summed E-state index contributed by atoms with van der Waals surface area (Å²) in [5.74, 6) is -2.55. The average Bonchev–Trinajstić information content (AvgIpc) is 3.10. The van der Waals surface area contributed by atoms with Gasteiger partial charge in [0.25, 0.3) is 0 Å². The van der Waals surface area contributed by atoms with Gasteiger partial charge < -0.3 is 0 Å². The van der Waals surface area contributed by atoms with Gasteiger partial charge in [0.05, 0.1) is 0 Å². The van der Waals surface area contributed by atoms with Crippen molar-refractivity contribution in [3.05, 3.63) is 85.3 Å². The molecule has 0 aliphatic rings. The van der Waals surface area contributed by atoms with Crippen LogP contribution in [0.15, 0.2) is 52.1 Å². The Morgan fingerprint density at radius 3 is 2.54 bits per heavy atom. The second-order valence-electron chi connectivity index (χ2n) is 8.29. The fourth-order valence-corrected chi connectivity index (χ4v) is 3.84. The van der Waals surface area contributed by atoms with Gasteiger partial charge in [-0.05, 0) is 0 Å². The van der Waals surface area contributed by atoms with Gasteiger partial charge in [0.15, 0.2) is 0 Å². The molecule has 0 spiro atoms. The van der Waals surface area contributed by atoms with Crippen molar-refractivity contribution in [3.8, 4) is 0 Å². The van der Waals surface area contributed by atoms with Gasteiger partial charge in [-0.3, -0.25) is 0 Å². The number of nitrogens with one attached hydrogen (secondary N) is 2. The molecule has 2 aromatic carbocycles. The standard InChI is InChI=1S/C24H22BClN5O4/c1-12-14(3)27-19-9-8-17(10-18(12)19)28-22-29-23(34)31(20(25)13(2)21(32)33)24(35)30(22)11-15-4-6-16(26)7-5-15/h4-10,13,27H,11H2,1-3H3,(H,32,33)(H,28,29,34). The van der Waals surface area contributed by atoms with E-state index in [4.69, 9.17) is 19.1 Å². The summed E-state index contributed by atoms with van der Waals surface area (Å²) >= 11 is 5.98. The molecule has 0 bridgehead atoms. The number of aromatic nitrogens is 4. The van der Waals surface area contributed by atoms with E-state index in [0.717, 1.165) is 22.2 Å². The summed E-state index contributed by atoms with van der Waals surface area (Å²) < 4.78 is 1.81. The van der Waals surface area contributed by atoms with E-state index in [0.29, 0.717) is 20.8 Å². The van der Waals surface area contributed by atoms with Gasteiger partial charge >= 0.3 is 206 Å². The van der Waals surface area contributed by atoms with Gasteiger partial charge in [-0.1, -0.05) is 0 Å². The van der Waals surface area contributed by atoms with E-state index < -0.39 is 28.9 Å². The molecule has 0 fully saturated rings. The Bertz CT molecular complexity index is 1590. The van der Waals surface area contributed by atoms with Crippen molar-refractivity contribution in [2.75, 3.05) is 5.32 Å². The van der Waals surface area contributed by atoms with E-state index >= 15 is 0 Å². The molecule has 9 nitrogen and oxygen atoms in total. The summed E-state index contributed by atoms with van der Waals surface area (Å²) in [5.41, 5.74) is 2.18. The number of benzene rings is 2. The van der Waals surface area contributed by atoms with E-state index in [1.165, 1.54) is 11.5 Å². The van der Waals surface area contributed by atoms with Crippen molar-refractivity contribution in [1.82, 2.24) is 19.1 Å². The van der Waals surface area contributed by atoms with Gasteiger partial charge in [0, 0.05) is 0 Å². The van der Waals surface area contributed by atoms with Crippen LogP contribution in [0.25, 0.3) is 10.9 Å². The minimum atomic E-state index is -1.27. The van der Waals surface area contributed by atoms with Gasteiger partial charge in [0.2, 0.25) is 0 Å². The minimum absolute atomic E-state index is 0.00811. The Morgan fingerprint density at radius 2 is 1.89 bits per heavy atom. The van der Waals surface area contributed by atoms with E-state index in [9.17, 15) is 19.5 Å². The first kappa shape index (κ1) is 24.2. The fourth-order valence-electron chi connectivity index (χ4n) is 3.71. The molecule has 2 aromatic heterocycles. The van der Waals surface area contributed by atoms with E-state index in [1.807, 2.05) is 26.0 Å². The van der Waals surface area contributed by atoms with Crippen LogP contribution in [0.2, 0.25) is 5.02 Å². The number of anilines is 2. The van der Waals surface area contributed by atoms with E-state index in [1.54, 1.807) is 30.3 Å². The number of hydrogen-bond donors (Lipinski definition) is 3. The number of aryl methyl sites for hydroxylation is 2. The van der Waals surface area contributed by atoms with Crippen LogP contribution < -0.4 is 16.7 Å². The molecule has 1 atom stereocenters. The summed E-state index contributed by atoms with van der Waals surface area (Å²) in [7, 11) is 5.91. The molecule has 0 amide bonds. The molecule has 35 heavy (non-hydrogen) atoms. The number of carboxylic acids is 1. The molecule has 177 valence electrons. The van der Waals surface area contributed by atoms with Crippen LogP contribution in [0.4, 0.5) is 11.6 Å². The predicted octanol–water partition coefficient (Wildman–Crippen LogP) is 2.82. The number of aliphatic carboxylic acids is 1. The molecule has 3 N–H and O–H groups in total. The zero-order valence-electron chi connectivity index (χ0n) is 19.3. The van der Waals surface area contributed by atoms with Gasteiger partial charge in [-0.15, -0.1) is 0 Å². The van der Waals surface area contributed by atoms with Crippen molar-refractivity contribution in [2.24, 2.45) is 5.92 Å². The molecular weight excluding hydrogens is 469 g/mol. The third-order valence-electron chi connectivity index (χ3n) is 5.96. The summed E-state index contributed by atoms with van der Waals surface area (Å²) in [6, 6.07) is 12.4. The summed E-state index contributed by atoms with van der Waals surface area (Å²) in [6.07, 6.45) is 0. The number of carboxylic acid groups (broad SMARTS) is 1. The second-order valence-corrected chi connectivity index (χ2v) is 8.73. The third-order valence-corrected chi connectivity index (χ3v) is 6.21. The number of carbonyl (C=O) groups is 1. The number of halogens is 1. The quantitative estimate of drug-likeness (QED) is 0.342. The first-order chi connectivity index (χ1) is 16.6. The van der Waals surface area contributed by atoms with Crippen LogP contribution in [-0.2, 0) is 11.3 Å². The molecule has 0 aliphatic carbocycles. The van der Waals surface area contributed by atoms with Crippen LogP contribution in [-0.4, -0.2) is 43.3 Å². The third kappa shape index (κ3) is 4.70. The Balaban J connectivity index is 1.85. The number of rotatable bonds is 7. The Labute approximate surface area is 206 Å². The average molecular weight is 491 g/mol. The summed E-state index contributed by atoms with van der Waals surface area (Å²) in [5, 5.41) is 13.9. The van der Waals surface area contributed by atoms with Crippen LogP contribution in [0.1, 0.15) is 23.7 Å². The molecule has 0 aliphatic heterocycles. The van der Waals surface area contributed by atoms with E-state index in [-0.39, 0.29) is 12.5 Å². The van der Waals surface area contributed by atoms with Crippen molar-refractivity contribution < 1.29 is 9.90 Å². The Kier molecular flexibility index (Phi) is 6.49. The first-order valence-corrected chi connectivity index (χ1v) is 11.1. The van der Waals surface area contributed by atoms with Crippen molar-refractivity contribution in [1.29, 1.82) is 0 Å². The van der Waals surface area contributed by atoms with Gasteiger partial charge in [0.1, 0.15) is 0 Å². The van der Waals surface area contributed by atoms with Gasteiger partial charge in [-0.25, -0.2) is 0 Å². The topological polar surface area (TPSA) is 122 Å². The monoisotopic (exact) mass is 490 g/mol. The molecule has 4 aromatic rings. The zero-order chi connectivity index (χ0) is 25.4. The number of hydrogen-bond acceptors (Lipinski definition) is 5.